The Labute approximate surface area is 80.0 Å². The van der Waals surface area contributed by atoms with Crippen LogP contribution in [0.2, 0.25) is 0 Å². The molecule has 0 aliphatic rings. The Morgan fingerprint density at radius 2 is 1.71 bits per heavy atom. The zero-order valence-electron chi connectivity index (χ0n) is 7.38. The van der Waals surface area contributed by atoms with Crippen LogP contribution < -0.4 is 5.73 Å². The molecular formula is C10H10F3N. The third-order valence-electron chi connectivity index (χ3n) is 1.88. The van der Waals surface area contributed by atoms with E-state index in [9.17, 15) is 13.2 Å². The molecule has 0 saturated heterocycles. The molecule has 1 nitrogen and oxygen atoms in total. The van der Waals surface area contributed by atoms with E-state index in [0.29, 0.717) is 0 Å². The van der Waals surface area contributed by atoms with Gasteiger partial charge in [-0.15, -0.1) is 0 Å². The van der Waals surface area contributed by atoms with Crippen molar-refractivity contribution in [1.82, 2.24) is 0 Å². The lowest BCUT2D eigenvalue weighted by molar-refractivity contribution is -0.149. The topological polar surface area (TPSA) is 26.0 Å². The minimum Gasteiger partial charge on any atom is -0.316 e. The SMILES string of the molecule is C=Cc1ccc([C@H](N)C(F)(F)F)cc1. The van der Waals surface area contributed by atoms with Gasteiger partial charge >= 0.3 is 6.18 Å². The third-order valence-corrected chi connectivity index (χ3v) is 1.88. The quantitative estimate of drug-likeness (QED) is 0.782. The molecule has 0 unspecified atom stereocenters. The number of hydrogen-bond donors (Lipinski definition) is 1. The van der Waals surface area contributed by atoms with Crippen LogP contribution in [-0.2, 0) is 0 Å². The maximum atomic E-state index is 12.2. The Balaban J connectivity index is 2.92. The van der Waals surface area contributed by atoms with E-state index in [1.165, 1.54) is 12.1 Å². The molecule has 0 aromatic heterocycles. The van der Waals surface area contributed by atoms with Crippen LogP contribution in [0.5, 0.6) is 0 Å². The monoisotopic (exact) mass is 201 g/mol. The molecule has 0 aliphatic carbocycles. The third kappa shape index (κ3) is 2.35. The van der Waals surface area contributed by atoms with Gasteiger partial charge in [0.25, 0.3) is 0 Å². The minimum absolute atomic E-state index is 0.0584. The molecule has 0 bridgehead atoms. The summed E-state index contributed by atoms with van der Waals surface area (Å²) < 4.78 is 36.5. The van der Waals surface area contributed by atoms with Crippen LogP contribution in [-0.4, -0.2) is 6.18 Å². The Morgan fingerprint density at radius 1 is 1.21 bits per heavy atom. The summed E-state index contributed by atoms with van der Waals surface area (Å²) in [6, 6.07) is 3.90. The first-order valence-corrected chi connectivity index (χ1v) is 4.00. The van der Waals surface area contributed by atoms with Crippen molar-refractivity contribution in [2.24, 2.45) is 5.73 Å². The maximum Gasteiger partial charge on any atom is 0.407 e. The molecule has 1 rings (SSSR count). The Bertz CT molecular complexity index is 313. The maximum absolute atomic E-state index is 12.2. The van der Waals surface area contributed by atoms with Crippen LogP contribution in [0.3, 0.4) is 0 Å². The van der Waals surface area contributed by atoms with Gasteiger partial charge in [-0.2, -0.15) is 13.2 Å². The zero-order valence-corrected chi connectivity index (χ0v) is 7.38. The molecule has 76 valence electrons. The first-order chi connectivity index (χ1) is 6.45. The van der Waals surface area contributed by atoms with Crippen LogP contribution >= 0.6 is 0 Å². The van der Waals surface area contributed by atoms with Gasteiger partial charge in [-0.1, -0.05) is 36.9 Å². The number of hydrogen-bond acceptors (Lipinski definition) is 1. The summed E-state index contributed by atoms with van der Waals surface area (Å²) in [5.74, 6) is 0. The molecule has 0 saturated carbocycles. The van der Waals surface area contributed by atoms with Crippen LogP contribution in [0.25, 0.3) is 6.08 Å². The summed E-state index contributed by atoms with van der Waals surface area (Å²) in [5.41, 5.74) is 5.84. The minimum atomic E-state index is -4.39. The smallest absolute Gasteiger partial charge is 0.316 e. The van der Waals surface area contributed by atoms with E-state index in [1.54, 1.807) is 18.2 Å². The second kappa shape index (κ2) is 3.84. The van der Waals surface area contributed by atoms with Crippen LogP contribution in [0.1, 0.15) is 17.2 Å². The second-order valence-electron chi connectivity index (χ2n) is 2.89. The van der Waals surface area contributed by atoms with E-state index in [0.717, 1.165) is 5.56 Å². The van der Waals surface area contributed by atoms with Crippen LogP contribution in [0.4, 0.5) is 13.2 Å². The van der Waals surface area contributed by atoms with Gasteiger partial charge in [-0.25, -0.2) is 0 Å². The fourth-order valence-electron chi connectivity index (χ4n) is 1.03. The summed E-state index contributed by atoms with van der Waals surface area (Å²) in [6.07, 6.45) is -2.83. The van der Waals surface area contributed by atoms with E-state index >= 15 is 0 Å². The highest BCUT2D eigenvalue weighted by atomic mass is 19.4. The van der Waals surface area contributed by atoms with E-state index in [1.807, 2.05) is 0 Å². The average Bonchev–Trinajstić information content (AvgIpc) is 2.15. The summed E-state index contributed by atoms with van der Waals surface area (Å²) in [6.45, 7) is 3.50. The van der Waals surface area contributed by atoms with Gasteiger partial charge in [-0.3, -0.25) is 0 Å². The molecule has 0 heterocycles. The Hall–Kier alpha value is -1.29. The molecule has 0 radical (unpaired) electrons. The molecule has 4 heteroatoms. The van der Waals surface area contributed by atoms with Crippen LogP contribution in [0, 0.1) is 0 Å². The Morgan fingerprint density at radius 3 is 2.07 bits per heavy atom. The number of halogens is 3. The highest BCUT2D eigenvalue weighted by Crippen LogP contribution is 2.30. The first kappa shape index (κ1) is 10.8. The molecular weight excluding hydrogens is 191 g/mol. The lowest BCUT2D eigenvalue weighted by atomic mass is 10.1. The molecule has 0 aliphatic heterocycles. The van der Waals surface area contributed by atoms with Crippen molar-refractivity contribution in [3.63, 3.8) is 0 Å². The normalized spacial score (nSPS) is 13.7. The molecule has 0 spiro atoms. The predicted octanol–water partition coefficient (Wildman–Crippen LogP) is 2.89. The Kier molecular flexibility index (Phi) is 2.96. The van der Waals surface area contributed by atoms with Gasteiger partial charge < -0.3 is 5.73 Å². The summed E-state index contributed by atoms with van der Waals surface area (Å²) in [5, 5.41) is 0. The van der Waals surface area contributed by atoms with E-state index < -0.39 is 12.2 Å². The van der Waals surface area contributed by atoms with Crippen molar-refractivity contribution in [3.8, 4) is 0 Å². The number of nitrogens with two attached hydrogens (primary N) is 1. The summed E-state index contributed by atoms with van der Waals surface area (Å²) >= 11 is 0. The largest absolute Gasteiger partial charge is 0.407 e. The molecule has 14 heavy (non-hydrogen) atoms. The average molecular weight is 201 g/mol. The fourth-order valence-corrected chi connectivity index (χ4v) is 1.03. The van der Waals surface area contributed by atoms with E-state index in [2.05, 4.69) is 6.58 Å². The van der Waals surface area contributed by atoms with Crippen molar-refractivity contribution >= 4 is 6.08 Å². The van der Waals surface area contributed by atoms with Crippen molar-refractivity contribution in [3.05, 3.63) is 42.0 Å². The van der Waals surface area contributed by atoms with Gasteiger partial charge in [0, 0.05) is 0 Å². The fraction of sp³-hybridized carbons (Fsp3) is 0.200. The predicted molar refractivity (Wildman–Crippen MR) is 49.5 cm³/mol. The van der Waals surface area contributed by atoms with Gasteiger partial charge in [-0.05, 0) is 11.1 Å². The second-order valence-corrected chi connectivity index (χ2v) is 2.89. The molecule has 1 aromatic rings. The number of benzene rings is 1. The first-order valence-electron chi connectivity index (χ1n) is 4.00. The number of rotatable bonds is 2. The number of alkyl halides is 3. The van der Waals surface area contributed by atoms with Gasteiger partial charge in [0.15, 0.2) is 0 Å². The lowest BCUT2D eigenvalue weighted by Crippen LogP contribution is -2.28. The van der Waals surface area contributed by atoms with Crippen molar-refractivity contribution in [2.45, 2.75) is 12.2 Å². The highest BCUT2D eigenvalue weighted by Gasteiger charge is 2.37. The van der Waals surface area contributed by atoms with Gasteiger partial charge in [0.1, 0.15) is 6.04 Å². The van der Waals surface area contributed by atoms with Gasteiger partial charge in [0.05, 0.1) is 0 Å². The van der Waals surface area contributed by atoms with Crippen LogP contribution in [0.15, 0.2) is 30.8 Å². The molecule has 2 N–H and O–H groups in total. The zero-order chi connectivity index (χ0) is 10.8. The van der Waals surface area contributed by atoms with E-state index in [-0.39, 0.29) is 5.56 Å². The van der Waals surface area contributed by atoms with Crippen molar-refractivity contribution in [1.29, 1.82) is 0 Å². The van der Waals surface area contributed by atoms with Crippen molar-refractivity contribution in [2.75, 3.05) is 0 Å². The van der Waals surface area contributed by atoms with Gasteiger partial charge in [0.2, 0.25) is 0 Å². The molecule has 0 amide bonds. The summed E-state index contributed by atoms with van der Waals surface area (Å²) in [7, 11) is 0. The standard InChI is InChI=1S/C10H10F3N/c1-2-7-3-5-8(6-4-7)9(14)10(11,12)13/h2-6,9H,1,14H2/t9-/m0/s1. The van der Waals surface area contributed by atoms with E-state index in [4.69, 9.17) is 5.73 Å². The van der Waals surface area contributed by atoms with Crippen molar-refractivity contribution < 1.29 is 13.2 Å². The summed E-state index contributed by atoms with van der Waals surface area (Å²) in [4.78, 5) is 0. The highest BCUT2D eigenvalue weighted by molar-refractivity contribution is 5.47. The molecule has 0 fully saturated rings. The lowest BCUT2D eigenvalue weighted by Gasteiger charge is -2.15. The molecule has 1 atom stereocenters. The molecule has 1 aromatic carbocycles.